The molecule has 2 aromatic carbocycles. The molecule has 0 fully saturated rings. The van der Waals surface area contributed by atoms with Crippen LogP contribution in [0.2, 0.25) is 10.0 Å². The molecule has 1 aliphatic rings. The zero-order valence-electron chi connectivity index (χ0n) is 10.9. The molecule has 0 bridgehead atoms. The summed E-state index contributed by atoms with van der Waals surface area (Å²) in [6.45, 7) is 0.832. The molecule has 0 spiro atoms. The van der Waals surface area contributed by atoms with Gasteiger partial charge in [-0.05, 0) is 42.3 Å². The van der Waals surface area contributed by atoms with Crippen molar-refractivity contribution in [2.24, 2.45) is 0 Å². The van der Waals surface area contributed by atoms with Crippen LogP contribution in [-0.2, 0) is 16.4 Å². The fourth-order valence-corrected chi connectivity index (χ4v) is 3.58. The lowest BCUT2D eigenvalue weighted by Crippen LogP contribution is -2.13. The van der Waals surface area contributed by atoms with Crippen molar-refractivity contribution in [2.75, 3.05) is 16.6 Å². The minimum atomic E-state index is -3.66. The Bertz CT molecular complexity index is 807. The quantitative estimate of drug-likeness (QED) is 0.892. The second-order valence-corrected chi connectivity index (χ2v) is 7.23. The van der Waals surface area contributed by atoms with E-state index in [2.05, 4.69) is 10.0 Å². The SMILES string of the molecule is O=S(=O)(Nc1ccc(Cl)c(Cl)c1)c1ccc2c(c1)NCC2. The van der Waals surface area contributed by atoms with Crippen molar-refractivity contribution >= 4 is 44.6 Å². The van der Waals surface area contributed by atoms with E-state index in [0.717, 1.165) is 24.2 Å². The minimum absolute atomic E-state index is 0.210. The van der Waals surface area contributed by atoms with Gasteiger partial charge in [-0.2, -0.15) is 0 Å². The summed E-state index contributed by atoms with van der Waals surface area (Å²) >= 11 is 11.7. The molecule has 1 heterocycles. The van der Waals surface area contributed by atoms with Gasteiger partial charge in [-0.3, -0.25) is 4.72 Å². The Hall–Kier alpha value is -1.43. The van der Waals surface area contributed by atoms with Crippen LogP contribution in [0, 0.1) is 0 Å². The maximum atomic E-state index is 12.4. The highest BCUT2D eigenvalue weighted by molar-refractivity contribution is 7.92. The molecule has 7 heteroatoms. The van der Waals surface area contributed by atoms with Gasteiger partial charge in [0.25, 0.3) is 10.0 Å². The fraction of sp³-hybridized carbons (Fsp3) is 0.143. The van der Waals surface area contributed by atoms with E-state index < -0.39 is 10.0 Å². The molecule has 0 amide bonds. The molecule has 3 rings (SSSR count). The smallest absolute Gasteiger partial charge is 0.261 e. The summed E-state index contributed by atoms with van der Waals surface area (Å²) in [4.78, 5) is 0.210. The largest absolute Gasteiger partial charge is 0.384 e. The van der Waals surface area contributed by atoms with Gasteiger partial charge in [0.15, 0.2) is 0 Å². The Labute approximate surface area is 133 Å². The Morgan fingerprint density at radius 3 is 2.62 bits per heavy atom. The van der Waals surface area contributed by atoms with Gasteiger partial charge >= 0.3 is 0 Å². The normalized spacial score (nSPS) is 13.6. The van der Waals surface area contributed by atoms with Crippen molar-refractivity contribution in [1.29, 1.82) is 0 Å². The van der Waals surface area contributed by atoms with Gasteiger partial charge in [-0.15, -0.1) is 0 Å². The predicted molar refractivity (Wildman–Crippen MR) is 85.9 cm³/mol. The number of sulfonamides is 1. The summed E-state index contributed by atoms with van der Waals surface area (Å²) in [5.74, 6) is 0. The van der Waals surface area contributed by atoms with Crippen molar-refractivity contribution in [3.63, 3.8) is 0 Å². The molecule has 0 atom stereocenters. The molecule has 0 aliphatic carbocycles. The van der Waals surface area contributed by atoms with Crippen LogP contribution >= 0.6 is 23.2 Å². The third-order valence-electron chi connectivity index (χ3n) is 3.27. The zero-order valence-corrected chi connectivity index (χ0v) is 13.2. The van der Waals surface area contributed by atoms with E-state index in [1.54, 1.807) is 24.3 Å². The molecule has 0 radical (unpaired) electrons. The Morgan fingerprint density at radius 2 is 1.86 bits per heavy atom. The average Bonchev–Trinajstić information content (AvgIpc) is 2.90. The third-order valence-corrected chi connectivity index (χ3v) is 5.39. The van der Waals surface area contributed by atoms with E-state index in [-0.39, 0.29) is 4.90 Å². The predicted octanol–water partition coefficient (Wildman–Crippen LogP) is 3.76. The van der Waals surface area contributed by atoms with Crippen molar-refractivity contribution in [3.05, 3.63) is 52.0 Å². The maximum Gasteiger partial charge on any atom is 0.261 e. The first-order valence-corrected chi connectivity index (χ1v) is 8.54. The van der Waals surface area contributed by atoms with Crippen LogP contribution in [-0.4, -0.2) is 15.0 Å². The molecule has 2 aromatic rings. The van der Waals surface area contributed by atoms with Crippen molar-refractivity contribution in [1.82, 2.24) is 0 Å². The Kier molecular flexibility index (Phi) is 3.73. The van der Waals surface area contributed by atoms with Crippen LogP contribution in [0.15, 0.2) is 41.3 Å². The summed E-state index contributed by atoms with van der Waals surface area (Å²) in [6.07, 6.45) is 0.913. The van der Waals surface area contributed by atoms with E-state index in [1.165, 1.54) is 6.07 Å². The molecule has 0 unspecified atom stereocenters. The first-order valence-electron chi connectivity index (χ1n) is 6.30. The van der Waals surface area contributed by atoms with Gasteiger partial charge in [0, 0.05) is 12.2 Å². The number of hydrogen-bond donors (Lipinski definition) is 2. The van der Waals surface area contributed by atoms with Gasteiger partial charge in [-0.25, -0.2) is 8.42 Å². The Balaban J connectivity index is 1.91. The molecule has 2 N–H and O–H groups in total. The van der Waals surface area contributed by atoms with E-state index in [0.29, 0.717) is 15.7 Å². The topological polar surface area (TPSA) is 58.2 Å². The first kappa shape index (κ1) is 14.5. The van der Waals surface area contributed by atoms with E-state index in [9.17, 15) is 8.42 Å². The van der Waals surface area contributed by atoms with Crippen molar-refractivity contribution in [3.8, 4) is 0 Å². The molecule has 0 saturated carbocycles. The number of benzene rings is 2. The number of nitrogens with one attached hydrogen (secondary N) is 2. The summed E-state index contributed by atoms with van der Waals surface area (Å²) in [5, 5.41) is 3.84. The molecular formula is C14H12Cl2N2O2S. The second kappa shape index (κ2) is 5.40. The van der Waals surface area contributed by atoms with Gasteiger partial charge in [0.2, 0.25) is 0 Å². The monoisotopic (exact) mass is 342 g/mol. The van der Waals surface area contributed by atoms with E-state index in [1.807, 2.05) is 6.07 Å². The van der Waals surface area contributed by atoms with Crippen LogP contribution in [0.4, 0.5) is 11.4 Å². The summed E-state index contributed by atoms with van der Waals surface area (Å²) in [6, 6.07) is 9.67. The maximum absolute atomic E-state index is 12.4. The lowest BCUT2D eigenvalue weighted by Gasteiger charge is -2.10. The standard InChI is InChI=1S/C14H12Cl2N2O2S/c15-12-4-2-10(7-13(12)16)18-21(19,20)11-3-1-9-5-6-17-14(9)8-11/h1-4,7-8,17-18H,5-6H2. The molecule has 110 valence electrons. The van der Waals surface area contributed by atoms with Crippen LogP contribution in [0.25, 0.3) is 0 Å². The van der Waals surface area contributed by atoms with Crippen LogP contribution in [0.1, 0.15) is 5.56 Å². The fourth-order valence-electron chi connectivity index (χ4n) is 2.21. The van der Waals surface area contributed by atoms with Crippen molar-refractivity contribution in [2.45, 2.75) is 11.3 Å². The van der Waals surface area contributed by atoms with Gasteiger partial charge < -0.3 is 5.32 Å². The highest BCUT2D eigenvalue weighted by Crippen LogP contribution is 2.28. The number of fused-ring (bicyclic) bond motifs is 1. The van der Waals surface area contributed by atoms with Crippen LogP contribution in [0.3, 0.4) is 0 Å². The summed E-state index contributed by atoms with van der Waals surface area (Å²) < 4.78 is 27.3. The third kappa shape index (κ3) is 2.95. The summed E-state index contributed by atoms with van der Waals surface area (Å²) in [7, 11) is -3.66. The number of rotatable bonds is 3. The minimum Gasteiger partial charge on any atom is -0.384 e. The molecule has 1 aliphatic heterocycles. The number of hydrogen-bond acceptors (Lipinski definition) is 3. The lowest BCUT2D eigenvalue weighted by atomic mass is 10.2. The molecule has 4 nitrogen and oxygen atoms in total. The Morgan fingerprint density at radius 1 is 1.05 bits per heavy atom. The lowest BCUT2D eigenvalue weighted by molar-refractivity contribution is 0.601. The molecule has 21 heavy (non-hydrogen) atoms. The van der Waals surface area contributed by atoms with E-state index in [4.69, 9.17) is 23.2 Å². The van der Waals surface area contributed by atoms with Crippen LogP contribution < -0.4 is 10.0 Å². The average molecular weight is 343 g/mol. The van der Waals surface area contributed by atoms with Gasteiger partial charge in [0.05, 0.1) is 20.6 Å². The van der Waals surface area contributed by atoms with Crippen molar-refractivity contribution < 1.29 is 8.42 Å². The van der Waals surface area contributed by atoms with Gasteiger partial charge in [0.1, 0.15) is 0 Å². The van der Waals surface area contributed by atoms with E-state index >= 15 is 0 Å². The summed E-state index contributed by atoms with van der Waals surface area (Å²) in [5.41, 5.74) is 2.37. The molecule has 0 aromatic heterocycles. The number of halogens is 2. The van der Waals surface area contributed by atoms with Gasteiger partial charge in [-0.1, -0.05) is 29.3 Å². The zero-order chi connectivity index (χ0) is 15.0. The highest BCUT2D eigenvalue weighted by atomic mass is 35.5. The number of anilines is 2. The molecular weight excluding hydrogens is 331 g/mol. The van der Waals surface area contributed by atoms with Crippen LogP contribution in [0.5, 0.6) is 0 Å². The molecule has 0 saturated heterocycles. The second-order valence-electron chi connectivity index (χ2n) is 4.73. The first-order chi connectivity index (χ1) is 9.95. The highest BCUT2D eigenvalue weighted by Gasteiger charge is 2.18.